The van der Waals surface area contributed by atoms with Crippen molar-refractivity contribution in [2.24, 2.45) is 11.7 Å². The smallest absolute Gasteiger partial charge is 0.273 e. The van der Waals surface area contributed by atoms with Crippen LogP contribution in [0.4, 0.5) is 0 Å². The van der Waals surface area contributed by atoms with Gasteiger partial charge in [-0.2, -0.15) is 0 Å². The number of carbonyl (C=O) groups is 2. The third kappa shape index (κ3) is 5.40. The molecule has 1 saturated heterocycles. The molecule has 1 fully saturated rings. The highest BCUT2D eigenvalue weighted by Crippen LogP contribution is 2.25. The van der Waals surface area contributed by atoms with Crippen molar-refractivity contribution in [3.05, 3.63) is 29.3 Å². The molecule has 1 aliphatic rings. The Morgan fingerprint density at radius 3 is 2.96 bits per heavy atom. The van der Waals surface area contributed by atoms with Crippen LogP contribution in [0.2, 0.25) is 0 Å². The number of aromatic nitrogens is 1. The van der Waals surface area contributed by atoms with Crippen molar-refractivity contribution in [1.82, 2.24) is 15.4 Å². The average molecular weight is 407 g/mol. The van der Waals surface area contributed by atoms with Gasteiger partial charge in [0.15, 0.2) is 11.5 Å². The summed E-state index contributed by atoms with van der Waals surface area (Å²) in [5.41, 5.74) is 5.58. The van der Waals surface area contributed by atoms with Gasteiger partial charge in [0.25, 0.3) is 5.91 Å². The summed E-state index contributed by atoms with van der Waals surface area (Å²) in [5.74, 6) is -0.480. The number of thiophene rings is 1. The van der Waals surface area contributed by atoms with Gasteiger partial charge in [-0.1, -0.05) is 17.6 Å². The molecule has 1 aliphatic heterocycles. The van der Waals surface area contributed by atoms with Gasteiger partial charge >= 0.3 is 0 Å². The molecule has 0 spiro atoms. The summed E-state index contributed by atoms with van der Waals surface area (Å²) in [6.45, 7) is 2.71. The van der Waals surface area contributed by atoms with Crippen LogP contribution in [0.5, 0.6) is 0 Å². The summed E-state index contributed by atoms with van der Waals surface area (Å²) in [6.07, 6.45) is 2.73. The normalized spacial score (nSPS) is 20.2. The minimum atomic E-state index is -0.674. The molecule has 9 heteroatoms. The van der Waals surface area contributed by atoms with Crippen molar-refractivity contribution < 1.29 is 19.2 Å². The van der Waals surface area contributed by atoms with Crippen LogP contribution in [0.1, 0.15) is 36.2 Å². The largest absolute Gasteiger partial charge is 0.391 e. The molecule has 0 aliphatic carbocycles. The van der Waals surface area contributed by atoms with E-state index >= 15 is 0 Å². The van der Waals surface area contributed by atoms with Crippen LogP contribution in [0, 0.1) is 5.92 Å². The second-order valence-corrected chi connectivity index (χ2v) is 7.98. The lowest BCUT2D eigenvalue weighted by Gasteiger charge is -2.34. The number of nitrogens with one attached hydrogen (secondary N) is 1. The predicted molar refractivity (Wildman–Crippen MR) is 106 cm³/mol. The van der Waals surface area contributed by atoms with E-state index < -0.39 is 17.9 Å². The van der Waals surface area contributed by atoms with Crippen LogP contribution < -0.4 is 11.1 Å². The third-order valence-electron chi connectivity index (χ3n) is 4.97. The molecule has 2 aromatic heterocycles. The number of piperidine rings is 1. The highest BCUT2D eigenvalue weighted by molar-refractivity contribution is 7.13. The molecule has 0 saturated carbocycles. The van der Waals surface area contributed by atoms with Crippen molar-refractivity contribution >= 4 is 23.2 Å². The molecule has 2 aromatic rings. The molecular formula is C19H26N4O4S. The molecule has 0 radical (unpaired) electrons. The van der Waals surface area contributed by atoms with Crippen molar-refractivity contribution in [3.63, 3.8) is 0 Å². The van der Waals surface area contributed by atoms with Gasteiger partial charge in [0.1, 0.15) is 0 Å². The Balaban J connectivity index is 1.29. The minimum absolute atomic E-state index is 0.233. The molecule has 8 nitrogen and oxygen atoms in total. The van der Waals surface area contributed by atoms with Gasteiger partial charge in [0.2, 0.25) is 5.91 Å². The van der Waals surface area contributed by atoms with E-state index in [4.69, 9.17) is 10.3 Å². The van der Waals surface area contributed by atoms with Crippen molar-refractivity contribution in [2.45, 2.75) is 31.8 Å². The van der Waals surface area contributed by atoms with E-state index in [0.717, 1.165) is 37.2 Å². The van der Waals surface area contributed by atoms with Crippen LogP contribution in [-0.4, -0.2) is 59.3 Å². The van der Waals surface area contributed by atoms with Crippen LogP contribution in [-0.2, 0) is 4.79 Å². The molecule has 2 amide bonds. The van der Waals surface area contributed by atoms with Crippen LogP contribution in [0.3, 0.4) is 0 Å². The first-order valence-electron chi connectivity index (χ1n) is 9.53. The fourth-order valence-electron chi connectivity index (χ4n) is 3.38. The number of hydrogen-bond donors (Lipinski definition) is 3. The summed E-state index contributed by atoms with van der Waals surface area (Å²) in [7, 11) is 0. The Kier molecular flexibility index (Phi) is 7.18. The van der Waals surface area contributed by atoms with Crippen LogP contribution >= 0.6 is 11.3 Å². The highest BCUT2D eigenvalue weighted by Gasteiger charge is 2.30. The number of nitrogens with zero attached hydrogens (tertiary/aromatic N) is 2. The second kappa shape index (κ2) is 9.81. The number of nitrogens with two attached hydrogens (primary N) is 1. The van der Waals surface area contributed by atoms with Crippen molar-refractivity contribution in [2.75, 3.05) is 26.2 Å². The average Bonchev–Trinajstić information content (AvgIpc) is 3.35. The maximum atomic E-state index is 12.1. The van der Waals surface area contributed by atoms with Gasteiger partial charge < -0.3 is 25.6 Å². The zero-order valence-corrected chi connectivity index (χ0v) is 16.5. The number of aliphatic hydroxyl groups excluding tert-OH is 1. The fourth-order valence-corrected chi connectivity index (χ4v) is 4.05. The second-order valence-electron chi connectivity index (χ2n) is 7.04. The molecule has 2 atom stereocenters. The standard InChI is InChI=1S/C19H26N4O4S/c20-18(25)13-6-9-23(12-15(13)24)8-3-1-2-7-21-19(26)14-11-16(27-22-14)17-5-4-10-28-17/h4-5,10-11,13,15,24H,1-3,6-9,12H2,(H2,20,25)(H,21,26). The number of carbonyl (C=O) groups excluding carboxylic acids is 2. The lowest BCUT2D eigenvalue weighted by atomic mass is 9.93. The minimum Gasteiger partial charge on any atom is -0.391 e. The number of unbranched alkanes of at least 4 members (excludes halogenated alkanes) is 2. The molecule has 4 N–H and O–H groups in total. The Morgan fingerprint density at radius 2 is 2.25 bits per heavy atom. The number of β-amino-alcohol motifs (C(OH)–C–C–N with tert-alkyl or cyclic N) is 1. The topological polar surface area (TPSA) is 122 Å². The van der Waals surface area contributed by atoms with Gasteiger partial charge in [-0.15, -0.1) is 11.3 Å². The Bertz CT molecular complexity index is 777. The molecular weight excluding hydrogens is 380 g/mol. The molecule has 0 bridgehead atoms. The summed E-state index contributed by atoms with van der Waals surface area (Å²) in [5, 5.41) is 18.6. The van der Waals surface area contributed by atoms with E-state index in [-0.39, 0.29) is 11.6 Å². The number of amides is 2. The zero-order chi connectivity index (χ0) is 19.9. The van der Waals surface area contributed by atoms with Crippen LogP contribution in [0.15, 0.2) is 28.1 Å². The maximum Gasteiger partial charge on any atom is 0.273 e. The Hall–Kier alpha value is -2.23. The summed E-state index contributed by atoms with van der Waals surface area (Å²) < 4.78 is 5.22. The van der Waals surface area contributed by atoms with Gasteiger partial charge in [0, 0.05) is 19.2 Å². The van der Waals surface area contributed by atoms with Crippen LogP contribution in [0.25, 0.3) is 10.6 Å². The number of aliphatic hydroxyl groups is 1. The number of hydrogen-bond acceptors (Lipinski definition) is 7. The maximum absolute atomic E-state index is 12.1. The molecule has 3 heterocycles. The molecule has 2 unspecified atom stereocenters. The number of rotatable bonds is 9. The summed E-state index contributed by atoms with van der Waals surface area (Å²) in [6, 6.07) is 5.49. The lowest BCUT2D eigenvalue weighted by molar-refractivity contribution is -0.128. The monoisotopic (exact) mass is 406 g/mol. The first-order chi connectivity index (χ1) is 13.5. The SMILES string of the molecule is NC(=O)C1CCN(CCCCCNC(=O)c2cc(-c3cccs3)on2)CC1O. The van der Waals surface area contributed by atoms with E-state index in [9.17, 15) is 14.7 Å². The zero-order valence-electron chi connectivity index (χ0n) is 15.7. The van der Waals surface area contributed by atoms with Gasteiger partial charge in [-0.25, -0.2) is 0 Å². The first-order valence-corrected chi connectivity index (χ1v) is 10.4. The molecule has 152 valence electrons. The highest BCUT2D eigenvalue weighted by atomic mass is 32.1. The molecule has 28 heavy (non-hydrogen) atoms. The Labute approximate surface area is 167 Å². The van der Waals surface area contributed by atoms with E-state index in [1.54, 1.807) is 6.07 Å². The number of likely N-dealkylation sites (tertiary alicyclic amines) is 1. The van der Waals surface area contributed by atoms with E-state index in [1.165, 1.54) is 11.3 Å². The molecule has 0 aromatic carbocycles. The third-order valence-corrected chi connectivity index (χ3v) is 5.86. The quantitative estimate of drug-likeness (QED) is 0.542. The number of primary amides is 1. The van der Waals surface area contributed by atoms with Gasteiger partial charge in [-0.3, -0.25) is 9.59 Å². The first kappa shape index (κ1) is 20.5. The Morgan fingerprint density at radius 1 is 1.39 bits per heavy atom. The van der Waals surface area contributed by atoms with Gasteiger partial charge in [0.05, 0.1) is 16.9 Å². The van der Waals surface area contributed by atoms with Gasteiger partial charge in [-0.05, 0) is 43.8 Å². The summed E-state index contributed by atoms with van der Waals surface area (Å²) >= 11 is 1.53. The van der Waals surface area contributed by atoms with E-state index in [0.29, 0.717) is 25.3 Å². The van der Waals surface area contributed by atoms with E-state index in [1.807, 2.05) is 17.5 Å². The lowest BCUT2D eigenvalue weighted by Crippen LogP contribution is -2.48. The summed E-state index contributed by atoms with van der Waals surface area (Å²) in [4.78, 5) is 26.4. The molecule has 3 rings (SSSR count). The van der Waals surface area contributed by atoms with E-state index in [2.05, 4.69) is 15.4 Å². The van der Waals surface area contributed by atoms with Crippen molar-refractivity contribution in [1.29, 1.82) is 0 Å². The van der Waals surface area contributed by atoms with Crippen molar-refractivity contribution in [3.8, 4) is 10.6 Å². The fraction of sp³-hybridized carbons (Fsp3) is 0.526. The predicted octanol–water partition coefficient (Wildman–Crippen LogP) is 1.47.